The maximum Gasteiger partial charge on any atom is 0.335 e. The van der Waals surface area contributed by atoms with Crippen LogP contribution in [0.2, 0.25) is 0 Å². The lowest BCUT2D eigenvalue weighted by atomic mass is 10.1. The molecule has 0 aliphatic carbocycles. The zero-order valence-corrected chi connectivity index (χ0v) is 14.0. The third-order valence-corrected chi connectivity index (χ3v) is 3.89. The molecule has 5 heteroatoms. The molecule has 24 heavy (non-hydrogen) atoms. The van der Waals surface area contributed by atoms with Crippen molar-refractivity contribution in [2.75, 3.05) is 5.32 Å². The van der Waals surface area contributed by atoms with Crippen molar-refractivity contribution in [3.8, 4) is 5.75 Å². The zero-order valence-electron chi connectivity index (χ0n) is 14.0. The summed E-state index contributed by atoms with van der Waals surface area (Å²) in [6.07, 6.45) is -0.100. The predicted octanol–water partition coefficient (Wildman–Crippen LogP) is 3.80. The van der Waals surface area contributed by atoms with Crippen molar-refractivity contribution < 1.29 is 19.4 Å². The molecule has 0 radical (unpaired) electrons. The smallest absolute Gasteiger partial charge is 0.335 e. The predicted molar refractivity (Wildman–Crippen MR) is 92.7 cm³/mol. The summed E-state index contributed by atoms with van der Waals surface area (Å²) in [7, 11) is 0. The summed E-state index contributed by atoms with van der Waals surface area (Å²) in [6, 6.07) is 11.8. The minimum atomic E-state index is -1.00. The summed E-state index contributed by atoms with van der Waals surface area (Å²) in [6.45, 7) is 5.83. The number of aryl methyl sites for hydroxylation is 1. The SMILES string of the molecule is CCC(Oc1cccc(C)c1C)C(=O)Nc1ccc(C(=O)O)cc1. The van der Waals surface area contributed by atoms with Crippen molar-refractivity contribution in [1.29, 1.82) is 0 Å². The third-order valence-electron chi connectivity index (χ3n) is 3.89. The molecule has 0 heterocycles. The van der Waals surface area contributed by atoms with Crippen LogP contribution in [-0.2, 0) is 4.79 Å². The first-order valence-electron chi connectivity index (χ1n) is 7.79. The normalized spacial score (nSPS) is 11.6. The van der Waals surface area contributed by atoms with Crippen LogP contribution in [0.3, 0.4) is 0 Å². The van der Waals surface area contributed by atoms with Gasteiger partial charge in [0.15, 0.2) is 6.10 Å². The van der Waals surface area contributed by atoms with Crippen LogP contribution in [0.4, 0.5) is 5.69 Å². The standard InChI is InChI=1S/C19H21NO4/c1-4-16(24-17-7-5-6-12(2)13(17)3)18(21)20-15-10-8-14(9-11-15)19(22)23/h5-11,16H,4H2,1-3H3,(H,20,21)(H,22,23). The van der Waals surface area contributed by atoms with Crippen LogP contribution in [0.5, 0.6) is 5.75 Å². The highest BCUT2D eigenvalue weighted by Gasteiger charge is 2.19. The number of rotatable bonds is 6. The molecule has 0 aliphatic heterocycles. The first-order chi connectivity index (χ1) is 11.4. The maximum absolute atomic E-state index is 12.4. The van der Waals surface area contributed by atoms with E-state index in [0.29, 0.717) is 17.9 Å². The molecule has 0 spiro atoms. The zero-order chi connectivity index (χ0) is 17.7. The Morgan fingerprint density at radius 2 is 1.79 bits per heavy atom. The number of carboxylic acids is 1. The van der Waals surface area contributed by atoms with E-state index in [1.165, 1.54) is 12.1 Å². The van der Waals surface area contributed by atoms with E-state index in [9.17, 15) is 9.59 Å². The van der Waals surface area contributed by atoms with E-state index in [0.717, 1.165) is 11.1 Å². The van der Waals surface area contributed by atoms with Gasteiger partial charge in [0.25, 0.3) is 5.91 Å². The van der Waals surface area contributed by atoms with Gasteiger partial charge in [0.1, 0.15) is 5.75 Å². The Morgan fingerprint density at radius 1 is 1.12 bits per heavy atom. The van der Waals surface area contributed by atoms with Crippen LogP contribution < -0.4 is 10.1 Å². The fraction of sp³-hybridized carbons (Fsp3) is 0.263. The lowest BCUT2D eigenvalue weighted by molar-refractivity contribution is -0.122. The number of carboxylic acid groups (broad SMARTS) is 1. The third kappa shape index (κ3) is 4.13. The lowest BCUT2D eigenvalue weighted by Gasteiger charge is -2.19. The molecule has 2 aromatic carbocycles. The molecule has 1 unspecified atom stereocenters. The highest BCUT2D eigenvalue weighted by Crippen LogP contribution is 2.23. The Hall–Kier alpha value is -2.82. The molecule has 2 rings (SSSR count). The van der Waals surface area contributed by atoms with Gasteiger partial charge >= 0.3 is 5.97 Å². The van der Waals surface area contributed by atoms with E-state index in [-0.39, 0.29) is 11.5 Å². The lowest BCUT2D eigenvalue weighted by Crippen LogP contribution is -2.32. The van der Waals surface area contributed by atoms with Crippen LogP contribution in [0.15, 0.2) is 42.5 Å². The second kappa shape index (κ2) is 7.64. The van der Waals surface area contributed by atoms with E-state index < -0.39 is 12.1 Å². The molecular weight excluding hydrogens is 306 g/mol. The van der Waals surface area contributed by atoms with Gasteiger partial charge in [0.05, 0.1) is 5.56 Å². The molecular formula is C19H21NO4. The Labute approximate surface area is 141 Å². The largest absolute Gasteiger partial charge is 0.480 e. The van der Waals surface area contributed by atoms with Crippen LogP contribution >= 0.6 is 0 Å². The molecule has 1 atom stereocenters. The molecule has 5 nitrogen and oxygen atoms in total. The molecule has 1 amide bonds. The Balaban J connectivity index is 2.08. The summed E-state index contributed by atoms with van der Waals surface area (Å²) >= 11 is 0. The quantitative estimate of drug-likeness (QED) is 0.846. The van der Waals surface area contributed by atoms with Gasteiger partial charge in [-0.2, -0.15) is 0 Å². The van der Waals surface area contributed by atoms with Crippen molar-refractivity contribution >= 4 is 17.6 Å². The monoisotopic (exact) mass is 327 g/mol. The van der Waals surface area contributed by atoms with Gasteiger partial charge in [-0.05, 0) is 61.7 Å². The number of hydrogen-bond acceptors (Lipinski definition) is 3. The number of anilines is 1. The van der Waals surface area contributed by atoms with E-state index in [2.05, 4.69) is 5.32 Å². The van der Waals surface area contributed by atoms with Gasteiger partial charge in [-0.15, -0.1) is 0 Å². The summed E-state index contributed by atoms with van der Waals surface area (Å²) in [4.78, 5) is 23.3. The molecule has 0 fully saturated rings. The van der Waals surface area contributed by atoms with Crippen molar-refractivity contribution in [3.63, 3.8) is 0 Å². The molecule has 2 N–H and O–H groups in total. The summed E-state index contributed by atoms with van der Waals surface area (Å²) < 4.78 is 5.87. The first kappa shape index (κ1) is 17.5. The van der Waals surface area contributed by atoms with Gasteiger partial charge in [-0.25, -0.2) is 4.79 Å². The van der Waals surface area contributed by atoms with Crippen molar-refractivity contribution in [3.05, 3.63) is 59.2 Å². The summed E-state index contributed by atoms with van der Waals surface area (Å²) in [5.74, 6) is -0.572. The Bertz CT molecular complexity index is 738. The minimum Gasteiger partial charge on any atom is -0.480 e. The fourth-order valence-corrected chi connectivity index (χ4v) is 2.25. The Morgan fingerprint density at radius 3 is 2.38 bits per heavy atom. The minimum absolute atomic E-state index is 0.173. The summed E-state index contributed by atoms with van der Waals surface area (Å²) in [5, 5.41) is 11.6. The van der Waals surface area contributed by atoms with Gasteiger partial charge in [-0.3, -0.25) is 4.79 Å². The van der Waals surface area contributed by atoms with Crippen molar-refractivity contribution in [2.45, 2.75) is 33.3 Å². The van der Waals surface area contributed by atoms with E-state index in [4.69, 9.17) is 9.84 Å². The van der Waals surface area contributed by atoms with E-state index in [1.807, 2.05) is 39.0 Å². The number of carbonyl (C=O) groups is 2. The number of aromatic carboxylic acids is 1. The molecule has 0 aromatic heterocycles. The molecule has 126 valence electrons. The molecule has 2 aromatic rings. The van der Waals surface area contributed by atoms with Gasteiger partial charge in [-0.1, -0.05) is 19.1 Å². The number of hydrogen-bond donors (Lipinski definition) is 2. The number of nitrogens with one attached hydrogen (secondary N) is 1. The highest BCUT2D eigenvalue weighted by molar-refractivity contribution is 5.95. The molecule has 0 bridgehead atoms. The van der Waals surface area contributed by atoms with Crippen LogP contribution in [0, 0.1) is 13.8 Å². The highest BCUT2D eigenvalue weighted by atomic mass is 16.5. The van der Waals surface area contributed by atoms with Gasteiger partial charge < -0.3 is 15.2 Å². The van der Waals surface area contributed by atoms with Crippen LogP contribution in [-0.4, -0.2) is 23.1 Å². The average molecular weight is 327 g/mol. The number of carbonyl (C=O) groups excluding carboxylic acids is 1. The van der Waals surface area contributed by atoms with E-state index >= 15 is 0 Å². The number of benzene rings is 2. The topological polar surface area (TPSA) is 75.6 Å². The van der Waals surface area contributed by atoms with Gasteiger partial charge in [0.2, 0.25) is 0 Å². The molecule has 0 aliphatic rings. The van der Waals surface area contributed by atoms with Crippen LogP contribution in [0.1, 0.15) is 34.8 Å². The van der Waals surface area contributed by atoms with Crippen molar-refractivity contribution in [1.82, 2.24) is 0 Å². The second-order valence-corrected chi connectivity index (χ2v) is 5.58. The maximum atomic E-state index is 12.4. The van der Waals surface area contributed by atoms with Crippen LogP contribution in [0.25, 0.3) is 0 Å². The van der Waals surface area contributed by atoms with E-state index in [1.54, 1.807) is 12.1 Å². The first-order valence-corrected chi connectivity index (χ1v) is 7.79. The molecule has 0 saturated carbocycles. The summed E-state index contributed by atoms with van der Waals surface area (Å²) in [5.41, 5.74) is 2.82. The number of amides is 1. The number of ether oxygens (including phenoxy) is 1. The Kier molecular flexibility index (Phi) is 5.58. The van der Waals surface area contributed by atoms with Gasteiger partial charge in [0, 0.05) is 5.69 Å². The molecule has 0 saturated heterocycles. The van der Waals surface area contributed by atoms with Crippen molar-refractivity contribution in [2.24, 2.45) is 0 Å². The average Bonchev–Trinajstić information content (AvgIpc) is 2.56. The fourth-order valence-electron chi connectivity index (χ4n) is 2.25. The second-order valence-electron chi connectivity index (χ2n) is 5.58.